The minimum absolute atomic E-state index is 0.0157. The van der Waals surface area contributed by atoms with E-state index in [1.165, 1.54) is 11.3 Å². The molecular formula is C25H30N6O2. The monoisotopic (exact) mass is 446 g/mol. The number of para-hydroxylation sites is 1. The molecule has 172 valence electrons. The van der Waals surface area contributed by atoms with Crippen molar-refractivity contribution >= 4 is 23.2 Å². The van der Waals surface area contributed by atoms with Gasteiger partial charge >= 0.3 is 11.8 Å². The van der Waals surface area contributed by atoms with Crippen LogP contribution in [0.4, 0.5) is 11.4 Å². The fourth-order valence-electron chi connectivity index (χ4n) is 4.52. The Kier molecular flexibility index (Phi) is 6.92. The van der Waals surface area contributed by atoms with Gasteiger partial charge in [0.2, 0.25) is 0 Å². The van der Waals surface area contributed by atoms with Gasteiger partial charge < -0.3 is 20.4 Å². The van der Waals surface area contributed by atoms with Crippen LogP contribution in [0.1, 0.15) is 22.7 Å². The molecule has 0 aliphatic carbocycles. The van der Waals surface area contributed by atoms with Crippen LogP contribution in [-0.4, -0.2) is 75.0 Å². The van der Waals surface area contributed by atoms with Gasteiger partial charge in [-0.3, -0.25) is 14.5 Å². The molecule has 8 nitrogen and oxygen atoms in total. The lowest BCUT2D eigenvalue weighted by Crippen LogP contribution is -2.49. The van der Waals surface area contributed by atoms with Gasteiger partial charge in [-0.25, -0.2) is 0 Å². The van der Waals surface area contributed by atoms with E-state index in [-0.39, 0.29) is 6.04 Å². The molecule has 1 atom stereocenters. The number of likely N-dealkylation sites (N-methyl/N-ethyl adjacent to an activating group) is 2. The highest BCUT2D eigenvalue weighted by atomic mass is 16.2. The lowest BCUT2D eigenvalue weighted by molar-refractivity contribution is -0.136. The summed E-state index contributed by atoms with van der Waals surface area (Å²) >= 11 is 0. The second-order valence-corrected chi connectivity index (χ2v) is 8.74. The molecule has 33 heavy (non-hydrogen) atoms. The topological polar surface area (TPSA) is 91.7 Å². The molecule has 2 aromatic rings. The lowest BCUT2D eigenvalue weighted by Gasteiger charge is -2.38. The maximum absolute atomic E-state index is 12.6. The highest BCUT2D eigenvalue weighted by Crippen LogP contribution is 2.31. The molecule has 0 spiro atoms. The van der Waals surface area contributed by atoms with Gasteiger partial charge in [0.25, 0.3) is 0 Å². The minimum atomic E-state index is -0.773. The van der Waals surface area contributed by atoms with Gasteiger partial charge in [0.15, 0.2) is 0 Å². The fraction of sp³-hybridized carbons (Fsp3) is 0.400. The first-order valence-corrected chi connectivity index (χ1v) is 11.3. The lowest BCUT2D eigenvalue weighted by atomic mass is 10.00. The minimum Gasteiger partial charge on any atom is -0.374 e. The average Bonchev–Trinajstić information content (AvgIpc) is 3.20. The summed E-state index contributed by atoms with van der Waals surface area (Å²) in [6, 6.07) is 15.2. The van der Waals surface area contributed by atoms with E-state index >= 15 is 0 Å². The standard InChI is InChI=1S/C25H30N6O2/c1-29-11-13-31(14-12-29)23(18-7-8-22-19(15-18)9-10-30(22)2)17-27-24(32)25(33)28-21-6-4-3-5-20(21)16-26/h3-8,15,23H,9-14,17H2,1-2H3,(H,27,32)(H,28,33). The smallest absolute Gasteiger partial charge is 0.313 e. The van der Waals surface area contributed by atoms with Gasteiger partial charge in [-0.2, -0.15) is 5.26 Å². The number of benzene rings is 2. The Hall–Kier alpha value is -3.41. The second kappa shape index (κ2) is 10.0. The fourth-order valence-corrected chi connectivity index (χ4v) is 4.52. The number of hydrogen-bond acceptors (Lipinski definition) is 6. The molecule has 0 bridgehead atoms. The predicted octanol–water partition coefficient (Wildman–Crippen LogP) is 1.59. The second-order valence-electron chi connectivity index (χ2n) is 8.74. The first kappa shape index (κ1) is 22.8. The Morgan fingerprint density at radius 2 is 1.79 bits per heavy atom. The van der Waals surface area contributed by atoms with E-state index in [0.29, 0.717) is 17.8 Å². The third-order valence-electron chi connectivity index (χ3n) is 6.55. The Bertz CT molecular complexity index is 1070. The number of hydrogen-bond donors (Lipinski definition) is 2. The zero-order chi connectivity index (χ0) is 23.4. The van der Waals surface area contributed by atoms with Crippen molar-refractivity contribution in [3.8, 4) is 6.07 Å². The van der Waals surface area contributed by atoms with Crippen molar-refractivity contribution in [1.82, 2.24) is 15.1 Å². The molecule has 8 heteroatoms. The van der Waals surface area contributed by atoms with Crippen LogP contribution in [0.25, 0.3) is 0 Å². The summed E-state index contributed by atoms with van der Waals surface area (Å²) in [6.45, 7) is 5.07. The van der Waals surface area contributed by atoms with Crippen molar-refractivity contribution in [1.29, 1.82) is 5.26 Å². The summed E-state index contributed by atoms with van der Waals surface area (Å²) in [7, 11) is 4.22. The van der Waals surface area contributed by atoms with Crippen LogP contribution in [-0.2, 0) is 16.0 Å². The third-order valence-corrected chi connectivity index (χ3v) is 6.55. The summed E-state index contributed by atoms with van der Waals surface area (Å²) < 4.78 is 0. The normalized spacial score (nSPS) is 17.2. The molecule has 0 aromatic heterocycles. The quantitative estimate of drug-likeness (QED) is 0.678. The van der Waals surface area contributed by atoms with E-state index < -0.39 is 11.8 Å². The number of anilines is 2. The van der Waals surface area contributed by atoms with Gasteiger partial charge in [0.1, 0.15) is 6.07 Å². The van der Waals surface area contributed by atoms with Crippen LogP contribution in [0.3, 0.4) is 0 Å². The molecule has 1 unspecified atom stereocenters. The molecule has 2 aliphatic heterocycles. The van der Waals surface area contributed by atoms with Crippen LogP contribution in [0, 0.1) is 11.3 Å². The van der Waals surface area contributed by atoms with Crippen LogP contribution < -0.4 is 15.5 Å². The van der Waals surface area contributed by atoms with Gasteiger partial charge in [0, 0.05) is 52.0 Å². The molecule has 0 radical (unpaired) electrons. The van der Waals surface area contributed by atoms with E-state index in [4.69, 9.17) is 0 Å². The van der Waals surface area contributed by atoms with Crippen molar-refractivity contribution in [3.63, 3.8) is 0 Å². The highest BCUT2D eigenvalue weighted by molar-refractivity contribution is 6.39. The molecule has 2 amide bonds. The zero-order valence-electron chi connectivity index (χ0n) is 19.2. The maximum Gasteiger partial charge on any atom is 0.313 e. The molecule has 2 N–H and O–H groups in total. The van der Waals surface area contributed by atoms with Crippen molar-refractivity contribution in [3.05, 3.63) is 59.2 Å². The first-order chi connectivity index (χ1) is 16.0. The van der Waals surface area contributed by atoms with Gasteiger partial charge in [-0.05, 0) is 42.8 Å². The van der Waals surface area contributed by atoms with Gasteiger partial charge in [-0.1, -0.05) is 24.3 Å². The SMILES string of the molecule is CN1CCN(C(CNC(=O)C(=O)Nc2ccccc2C#N)c2ccc3c(c2)CCN3C)CC1. The van der Waals surface area contributed by atoms with Crippen LogP contribution >= 0.6 is 0 Å². The van der Waals surface area contributed by atoms with Crippen LogP contribution in [0.2, 0.25) is 0 Å². The molecule has 1 fully saturated rings. The number of piperazine rings is 1. The molecule has 1 saturated heterocycles. The number of fused-ring (bicyclic) bond motifs is 1. The predicted molar refractivity (Wildman–Crippen MR) is 128 cm³/mol. The number of amides is 2. The van der Waals surface area contributed by atoms with Crippen LogP contribution in [0.5, 0.6) is 0 Å². The molecule has 0 saturated carbocycles. The number of nitriles is 1. The summed E-state index contributed by atoms with van der Waals surface area (Å²) in [6.07, 6.45) is 1.02. The van der Waals surface area contributed by atoms with E-state index in [9.17, 15) is 14.9 Å². The number of carbonyl (C=O) groups is 2. The highest BCUT2D eigenvalue weighted by Gasteiger charge is 2.27. The number of nitrogens with zero attached hydrogens (tertiary/aromatic N) is 4. The Labute approximate surface area is 194 Å². The Morgan fingerprint density at radius 1 is 1.03 bits per heavy atom. The molecule has 2 aliphatic rings. The summed E-state index contributed by atoms with van der Waals surface area (Å²) in [4.78, 5) is 32.0. The largest absolute Gasteiger partial charge is 0.374 e. The van der Waals surface area contributed by atoms with Crippen molar-refractivity contribution < 1.29 is 9.59 Å². The molecule has 2 aromatic carbocycles. The van der Waals surface area contributed by atoms with E-state index in [2.05, 4.69) is 57.6 Å². The van der Waals surface area contributed by atoms with Gasteiger partial charge in [-0.15, -0.1) is 0 Å². The number of nitrogens with one attached hydrogen (secondary N) is 2. The van der Waals surface area contributed by atoms with Gasteiger partial charge in [0.05, 0.1) is 17.3 Å². The Morgan fingerprint density at radius 3 is 2.55 bits per heavy atom. The van der Waals surface area contributed by atoms with Crippen molar-refractivity contribution in [2.24, 2.45) is 0 Å². The molecule has 4 rings (SSSR count). The Balaban J connectivity index is 1.47. The van der Waals surface area contributed by atoms with Crippen LogP contribution in [0.15, 0.2) is 42.5 Å². The van der Waals surface area contributed by atoms with E-state index in [1.807, 2.05) is 6.07 Å². The summed E-state index contributed by atoms with van der Waals surface area (Å²) in [5.41, 5.74) is 4.39. The van der Waals surface area contributed by atoms with Crippen molar-refractivity contribution in [2.75, 3.05) is 63.6 Å². The average molecular weight is 447 g/mol. The maximum atomic E-state index is 12.6. The van der Waals surface area contributed by atoms with E-state index in [1.54, 1.807) is 24.3 Å². The molecule has 2 heterocycles. The van der Waals surface area contributed by atoms with Crippen molar-refractivity contribution in [2.45, 2.75) is 12.5 Å². The zero-order valence-corrected chi connectivity index (χ0v) is 19.2. The van der Waals surface area contributed by atoms with E-state index in [0.717, 1.165) is 44.7 Å². The summed E-state index contributed by atoms with van der Waals surface area (Å²) in [5, 5.41) is 14.6. The summed E-state index contributed by atoms with van der Waals surface area (Å²) in [5.74, 6) is -1.48. The number of carbonyl (C=O) groups excluding carboxylic acids is 2. The first-order valence-electron chi connectivity index (χ1n) is 11.3. The third kappa shape index (κ3) is 5.16. The molecular weight excluding hydrogens is 416 g/mol. The number of rotatable bonds is 5.